The molecule has 0 saturated carbocycles. The molecule has 0 unspecified atom stereocenters. The van der Waals surface area contributed by atoms with Gasteiger partial charge < -0.3 is 0 Å². The second-order valence-corrected chi connectivity index (χ2v) is 8.47. The Morgan fingerprint density at radius 1 is 0.615 bits per heavy atom. The average Bonchev–Trinajstić information content (AvgIpc) is 2.95. The van der Waals surface area contributed by atoms with Crippen LogP contribution in [0.25, 0.3) is 0 Å². The van der Waals surface area contributed by atoms with Crippen molar-refractivity contribution in [2.24, 2.45) is 0 Å². The number of nitrogens with zero attached hydrogens (tertiary/aromatic N) is 1. The Morgan fingerprint density at radius 2 is 1.04 bits per heavy atom. The molecule has 3 aromatic carbocycles. The maximum Gasteiger partial charge on any atom is 0.261 e. The molecule has 1 aliphatic heterocycles. The van der Waals surface area contributed by atoms with Crippen LogP contribution in [0.2, 0.25) is 0 Å². The number of benzene rings is 3. The van der Waals surface area contributed by atoms with E-state index in [1.54, 1.807) is 24.3 Å². The Bertz CT molecular complexity index is 866. The third-order valence-corrected chi connectivity index (χ3v) is 7.05. The molecule has 2 amide bonds. The molecule has 0 aliphatic carbocycles. The Hall–Kier alpha value is -2.77. The van der Waals surface area contributed by atoms with E-state index in [4.69, 9.17) is 0 Å². The average molecular weight is 359 g/mol. The Morgan fingerprint density at radius 3 is 1.50 bits per heavy atom. The fourth-order valence-corrected chi connectivity index (χ4v) is 5.54. The first-order valence-electron chi connectivity index (χ1n) is 8.58. The number of carbonyl (C=O) groups is 2. The van der Waals surface area contributed by atoms with Crippen molar-refractivity contribution in [1.29, 1.82) is 0 Å². The molecule has 1 aliphatic rings. The molecule has 1 heterocycles. The largest absolute Gasteiger partial charge is 0.274 e. The summed E-state index contributed by atoms with van der Waals surface area (Å²) >= 11 is 0. The molecular formula is C22H18NO2P. The maximum atomic E-state index is 12.6. The first kappa shape index (κ1) is 16.7. The second-order valence-electron chi connectivity index (χ2n) is 6.13. The fourth-order valence-electron chi connectivity index (χ4n) is 3.27. The monoisotopic (exact) mass is 359 g/mol. The van der Waals surface area contributed by atoms with Crippen molar-refractivity contribution >= 4 is 30.3 Å². The highest BCUT2D eigenvalue weighted by atomic mass is 31.1. The van der Waals surface area contributed by atoms with Crippen molar-refractivity contribution in [2.75, 3.05) is 12.7 Å². The smallest absolute Gasteiger partial charge is 0.261 e. The molecule has 0 spiro atoms. The van der Waals surface area contributed by atoms with Crippen LogP contribution in [-0.2, 0) is 0 Å². The summed E-state index contributed by atoms with van der Waals surface area (Å²) in [6.45, 7) is 0.432. The van der Waals surface area contributed by atoms with E-state index in [9.17, 15) is 9.59 Å². The highest BCUT2D eigenvalue weighted by molar-refractivity contribution is 7.73. The normalized spacial score (nSPS) is 13.3. The van der Waals surface area contributed by atoms with E-state index in [-0.39, 0.29) is 11.8 Å². The number of fused-ring (bicyclic) bond motifs is 1. The molecule has 0 fully saturated rings. The lowest BCUT2D eigenvalue weighted by Gasteiger charge is -2.22. The van der Waals surface area contributed by atoms with Crippen LogP contribution < -0.4 is 10.6 Å². The third-order valence-electron chi connectivity index (χ3n) is 4.56. The van der Waals surface area contributed by atoms with Gasteiger partial charge in [-0.05, 0) is 36.8 Å². The zero-order valence-electron chi connectivity index (χ0n) is 14.2. The predicted molar refractivity (Wildman–Crippen MR) is 106 cm³/mol. The quantitative estimate of drug-likeness (QED) is 0.517. The lowest BCUT2D eigenvalue weighted by molar-refractivity contribution is 0.0664. The van der Waals surface area contributed by atoms with Gasteiger partial charge in [0.1, 0.15) is 0 Å². The van der Waals surface area contributed by atoms with E-state index in [0.717, 1.165) is 6.16 Å². The van der Waals surface area contributed by atoms with E-state index >= 15 is 0 Å². The van der Waals surface area contributed by atoms with Crippen molar-refractivity contribution in [3.63, 3.8) is 0 Å². The van der Waals surface area contributed by atoms with Gasteiger partial charge in [0.05, 0.1) is 11.1 Å². The summed E-state index contributed by atoms with van der Waals surface area (Å²) in [7, 11) is -0.627. The number of rotatable bonds is 5. The van der Waals surface area contributed by atoms with Crippen LogP contribution in [0.4, 0.5) is 0 Å². The molecule has 26 heavy (non-hydrogen) atoms. The Labute approximate surface area is 154 Å². The second kappa shape index (κ2) is 7.23. The van der Waals surface area contributed by atoms with Gasteiger partial charge in [-0.3, -0.25) is 14.5 Å². The van der Waals surface area contributed by atoms with Crippen LogP contribution >= 0.6 is 7.92 Å². The summed E-state index contributed by atoms with van der Waals surface area (Å²) in [5, 5.41) is 2.51. The molecule has 3 nitrogen and oxygen atoms in total. The van der Waals surface area contributed by atoms with Gasteiger partial charge in [0.2, 0.25) is 0 Å². The zero-order valence-corrected chi connectivity index (χ0v) is 15.1. The molecule has 0 N–H and O–H groups in total. The minimum Gasteiger partial charge on any atom is -0.274 e. The molecule has 4 rings (SSSR count). The first-order valence-corrected chi connectivity index (χ1v) is 10.1. The van der Waals surface area contributed by atoms with E-state index in [0.29, 0.717) is 17.7 Å². The van der Waals surface area contributed by atoms with Gasteiger partial charge in [-0.25, -0.2) is 0 Å². The lowest BCUT2D eigenvalue weighted by atomic mass is 10.1. The van der Waals surface area contributed by atoms with Crippen molar-refractivity contribution in [2.45, 2.75) is 0 Å². The molecular weight excluding hydrogens is 341 g/mol. The number of hydrogen-bond acceptors (Lipinski definition) is 2. The highest BCUT2D eigenvalue weighted by Gasteiger charge is 2.35. The molecule has 0 saturated heterocycles. The summed E-state index contributed by atoms with van der Waals surface area (Å²) < 4.78 is 0. The zero-order chi connectivity index (χ0) is 17.9. The van der Waals surface area contributed by atoms with Gasteiger partial charge >= 0.3 is 0 Å². The molecule has 128 valence electrons. The van der Waals surface area contributed by atoms with Gasteiger partial charge in [-0.1, -0.05) is 72.8 Å². The number of hydrogen-bond donors (Lipinski definition) is 0. The van der Waals surface area contributed by atoms with E-state index < -0.39 is 7.92 Å². The summed E-state index contributed by atoms with van der Waals surface area (Å²) in [5.41, 5.74) is 1.03. The molecule has 0 aromatic heterocycles. The van der Waals surface area contributed by atoms with E-state index in [1.165, 1.54) is 15.5 Å². The van der Waals surface area contributed by atoms with Gasteiger partial charge in [0, 0.05) is 6.54 Å². The lowest BCUT2D eigenvalue weighted by Crippen LogP contribution is -2.33. The van der Waals surface area contributed by atoms with E-state index in [1.807, 2.05) is 36.4 Å². The SMILES string of the molecule is O=C1c2ccccc2C(=O)N1CCP(c1ccccc1)c1ccccc1. The molecule has 3 aromatic rings. The van der Waals surface area contributed by atoms with E-state index in [2.05, 4.69) is 24.3 Å². The van der Waals surface area contributed by atoms with Crippen molar-refractivity contribution < 1.29 is 9.59 Å². The maximum absolute atomic E-state index is 12.6. The standard InChI is InChI=1S/C22H18NO2P/c24-21-19-13-7-8-14-20(19)22(25)23(21)15-16-26(17-9-3-1-4-10-17)18-11-5-2-6-12-18/h1-14H,15-16H2. The topological polar surface area (TPSA) is 37.4 Å². The summed E-state index contributed by atoms with van der Waals surface area (Å²) in [6.07, 6.45) is 0.759. The molecule has 0 atom stereocenters. The van der Waals surface area contributed by atoms with Crippen LogP contribution in [-0.4, -0.2) is 29.4 Å². The number of carbonyl (C=O) groups excluding carboxylic acids is 2. The Kier molecular flexibility index (Phi) is 4.64. The molecule has 0 bridgehead atoms. The van der Waals surface area contributed by atoms with Crippen LogP contribution in [0.3, 0.4) is 0 Å². The number of amides is 2. The van der Waals surface area contributed by atoms with Gasteiger partial charge in [-0.15, -0.1) is 0 Å². The van der Waals surface area contributed by atoms with Crippen molar-refractivity contribution in [3.8, 4) is 0 Å². The minimum absolute atomic E-state index is 0.179. The van der Waals surface area contributed by atoms with Gasteiger partial charge in [0.15, 0.2) is 0 Å². The summed E-state index contributed by atoms with van der Waals surface area (Å²) in [5.74, 6) is -0.358. The molecule has 4 heteroatoms. The van der Waals surface area contributed by atoms with Crippen LogP contribution in [0.5, 0.6) is 0 Å². The molecule has 0 radical (unpaired) electrons. The van der Waals surface area contributed by atoms with Crippen molar-refractivity contribution in [3.05, 3.63) is 96.1 Å². The Balaban J connectivity index is 1.58. The first-order chi connectivity index (χ1) is 12.8. The van der Waals surface area contributed by atoms with Crippen LogP contribution in [0.15, 0.2) is 84.9 Å². The minimum atomic E-state index is -0.627. The summed E-state index contributed by atoms with van der Waals surface area (Å²) in [6, 6.07) is 27.7. The third kappa shape index (κ3) is 3.07. The highest BCUT2D eigenvalue weighted by Crippen LogP contribution is 2.34. The fraction of sp³-hybridized carbons (Fsp3) is 0.0909. The summed E-state index contributed by atoms with van der Waals surface area (Å²) in [4.78, 5) is 26.6. The van der Waals surface area contributed by atoms with Crippen molar-refractivity contribution in [1.82, 2.24) is 4.90 Å². The number of imide groups is 1. The predicted octanol–water partition coefficient (Wildman–Crippen LogP) is 3.42. The van der Waals surface area contributed by atoms with Crippen LogP contribution in [0, 0.1) is 0 Å². The van der Waals surface area contributed by atoms with Crippen LogP contribution in [0.1, 0.15) is 20.7 Å². The van der Waals surface area contributed by atoms with Gasteiger partial charge in [0.25, 0.3) is 11.8 Å². The van der Waals surface area contributed by atoms with Gasteiger partial charge in [-0.2, -0.15) is 0 Å².